The molecule has 134 valence electrons. The Morgan fingerprint density at radius 1 is 1.24 bits per heavy atom. The molecule has 0 aliphatic heterocycles. The van der Waals surface area contributed by atoms with E-state index in [1.807, 2.05) is 52.0 Å². The summed E-state index contributed by atoms with van der Waals surface area (Å²) in [4.78, 5) is 23.2. The number of nitrogen functional groups attached to an aromatic ring is 1. The standard InChI is InChI=1S/C19H26N4O2/c1-6-23(7-2)18(24)16-13(4)21-19(20)22-17(16)14(5)25-15-10-8-9-12(3)11-15/h8-11,14H,6-7H2,1-5H3,(H2,20,21,22). The lowest BCUT2D eigenvalue weighted by Gasteiger charge is -2.23. The molecule has 2 N–H and O–H groups in total. The van der Waals surface area contributed by atoms with Crippen molar-refractivity contribution in [1.29, 1.82) is 0 Å². The van der Waals surface area contributed by atoms with Crippen LogP contribution in [0.5, 0.6) is 5.75 Å². The van der Waals surface area contributed by atoms with Gasteiger partial charge < -0.3 is 15.4 Å². The molecule has 0 radical (unpaired) electrons. The molecule has 0 aliphatic rings. The average molecular weight is 342 g/mol. The summed E-state index contributed by atoms with van der Waals surface area (Å²) in [5, 5.41) is 0. The molecular formula is C19H26N4O2. The number of hydrogen-bond acceptors (Lipinski definition) is 5. The van der Waals surface area contributed by atoms with Crippen molar-refractivity contribution in [1.82, 2.24) is 14.9 Å². The van der Waals surface area contributed by atoms with Crippen LogP contribution in [0.15, 0.2) is 24.3 Å². The highest BCUT2D eigenvalue weighted by Crippen LogP contribution is 2.26. The molecule has 2 aromatic rings. The predicted molar refractivity (Wildman–Crippen MR) is 98.7 cm³/mol. The van der Waals surface area contributed by atoms with Gasteiger partial charge >= 0.3 is 0 Å². The molecule has 6 nitrogen and oxygen atoms in total. The van der Waals surface area contributed by atoms with Crippen LogP contribution in [-0.2, 0) is 0 Å². The van der Waals surface area contributed by atoms with E-state index >= 15 is 0 Å². The van der Waals surface area contributed by atoms with E-state index in [4.69, 9.17) is 10.5 Å². The van der Waals surface area contributed by atoms with Gasteiger partial charge in [-0.05, 0) is 52.3 Å². The van der Waals surface area contributed by atoms with Crippen molar-refractivity contribution in [3.8, 4) is 5.75 Å². The van der Waals surface area contributed by atoms with Gasteiger partial charge in [0.05, 0.1) is 17.0 Å². The van der Waals surface area contributed by atoms with E-state index in [2.05, 4.69) is 9.97 Å². The molecule has 2 rings (SSSR count). The number of aryl methyl sites for hydroxylation is 2. The maximum absolute atomic E-state index is 12.9. The van der Waals surface area contributed by atoms with Gasteiger partial charge in [0, 0.05) is 13.1 Å². The Hall–Kier alpha value is -2.63. The zero-order valence-electron chi connectivity index (χ0n) is 15.5. The van der Waals surface area contributed by atoms with E-state index < -0.39 is 6.10 Å². The minimum absolute atomic E-state index is 0.0998. The van der Waals surface area contributed by atoms with Gasteiger partial charge in [0.25, 0.3) is 5.91 Å². The molecule has 0 bridgehead atoms. The summed E-state index contributed by atoms with van der Waals surface area (Å²) in [7, 11) is 0. The summed E-state index contributed by atoms with van der Waals surface area (Å²) in [6, 6.07) is 7.76. The topological polar surface area (TPSA) is 81.3 Å². The van der Waals surface area contributed by atoms with Gasteiger partial charge in [0.2, 0.25) is 5.95 Å². The van der Waals surface area contributed by atoms with E-state index in [-0.39, 0.29) is 11.9 Å². The van der Waals surface area contributed by atoms with Crippen LogP contribution >= 0.6 is 0 Å². The van der Waals surface area contributed by atoms with Crippen LogP contribution in [0.3, 0.4) is 0 Å². The van der Waals surface area contributed by atoms with Crippen molar-refractivity contribution < 1.29 is 9.53 Å². The fourth-order valence-corrected chi connectivity index (χ4v) is 2.79. The number of anilines is 1. The first kappa shape index (κ1) is 18.7. The van der Waals surface area contributed by atoms with Gasteiger partial charge in [0.1, 0.15) is 11.9 Å². The smallest absolute Gasteiger partial charge is 0.257 e. The number of nitrogens with two attached hydrogens (primary N) is 1. The first-order valence-electron chi connectivity index (χ1n) is 8.53. The zero-order chi connectivity index (χ0) is 18.6. The van der Waals surface area contributed by atoms with E-state index in [0.29, 0.717) is 30.0 Å². The van der Waals surface area contributed by atoms with Crippen LogP contribution < -0.4 is 10.5 Å². The van der Waals surface area contributed by atoms with E-state index in [1.54, 1.807) is 11.8 Å². The Labute approximate surface area is 149 Å². The highest BCUT2D eigenvalue weighted by Gasteiger charge is 2.26. The van der Waals surface area contributed by atoms with Gasteiger partial charge in [-0.3, -0.25) is 4.79 Å². The molecule has 1 aromatic heterocycles. The average Bonchev–Trinajstić information content (AvgIpc) is 2.55. The van der Waals surface area contributed by atoms with Crippen LogP contribution in [-0.4, -0.2) is 33.9 Å². The lowest BCUT2D eigenvalue weighted by Crippen LogP contribution is -2.33. The molecular weight excluding hydrogens is 316 g/mol. The second-order valence-electron chi connectivity index (χ2n) is 5.98. The van der Waals surface area contributed by atoms with Crippen molar-refractivity contribution in [2.24, 2.45) is 0 Å². The third-order valence-corrected chi connectivity index (χ3v) is 4.09. The lowest BCUT2D eigenvalue weighted by molar-refractivity contribution is 0.0765. The van der Waals surface area contributed by atoms with Crippen molar-refractivity contribution in [2.45, 2.75) is 40.7 Å². The number of hydrogen-bond donors (Lipinski definition) is 1. The van der Waals surface area contributed by atoms with Gasteiger partial charge in [-0.1, -0.05) is 12.1 Å². The van der Waals surface area contributed by atoms with Crippen LogP contribution in [0.2, 0.25) is 0 Å². The Morgan fingerprint density at radius 3 is 2.52 bits per heavy atom. The summed E-state index contributed by atoms with van der Waals surface area (Å²) in [5.41, 5.74) is 8.48. The second-order valence-corrected chi connectivity index (χ2v) is 5.98. The Balaban J connectivity index is 2.43. The van der Waals surface area contributed by atoms with Crippen LogP contribution in [0, 0.1) is 13.8 Å². The number of benzene rings is 1. The minimum Gasteiger partial charge on any atom is -0.484 e. The van der Waals surface area contributed by atoms with Gasteiger partial charge in [-0.2, -0.15) is 0 Å². The van der Waals surface area contributed by atoms with Crippen LogP contribution in [0.1, 0.15) is 54.2 Å². The monoisotopic (exact) mass is 342 g/mol. The van der Waals surface area contributed by atoms with Gasteiger partial charge in [-0.15, -0.1) is 0 Å². The van der Waals surface area contributed by atoms with Crippen molar-refractivity contribution in [3.05, 3.63) is 46.8 Å². The number of ether oxygens (including phenoxy) is 1. The largest absolute Gasteiger partial charge is 0.484 e. The van der Waals surface area contributed by atoms with Gasteiger partial charge in [-0.25, -0.2) is 9.97 Å². The number of carbonyl (C=O) groups excluding carboxylic acids is 1. The van der Waals surface area contributed by atoms with Crippen molar-refractivity contribution in [3.63, 3.8) is 0 Å². The third-order valence-electron chi connectivity index (χ3n) is 4.09. The molecule has 1 unspecified atom stereocenters. The molecule has 0 fully saturated rings. The third kappa shape index (κ3) is 4.26. The maximum atomic E-state index is 12.9. The Kier molecular flexibility index (Phi) is 5.96. The number of aromatic nitrogens is 2. The summed E-state index contributed by atoms with van der Waals surface area (Å²) in [6.45, 7) is 10.8. The minimum atomic E-state index is -0.430. The van der Waals surface area contributed by atoms with Crippen molar-refractivity contribution in [2.75, 3.05) is 18.8 Å². The molecule has 0 spiro atoms. The van der Waals surface area contributed by atoms with Crippen LogP contribution in [0.25, 0.3) is 0 Å². The number of amides is 1. The van der Waals surface area contributed by atoms with Gasteiger partial charge in [0.15, 0.2) is 0 Å². The lowest BCUT2D eigenvalue weighted by atomic mass is 10.1. The summed E-state index contributed by atoms with van der Waals surface area (Å²) in [5.74, 6) is 0.768. The SMILES string of the molecule is CCN(CC)C(=O)c1c(C)nc(N)nc1C(C)Oc1cccc(C)c1. The number of rotatable bonds is 6. The Bertz CT molecular complexity index is 757. The Morgan fingerprint density at radius 2 is 1.92 bits per heavy atom. The number of carbonyl (C=O) groups is 1. The first-order valence-corrected chi connectivity index (χ1v) is 8.53. The summed E-state index contributed by atoms with van der Waals surface area (Å²) >= 11 is 0. The molecule has 6 heteroatoms. The highest BCUT2D eigenvalue weighted by atomic mass is 16.5. The predicted octanol–water partition coefficient (Wildman–Crippen LogP) is 3.30. The highest BCUT2D eigenvalue weighted by molar-refractivity contribution is 5.96. The van der Waals surface area contributed by atoms with Crippen LogP contribution in [0.4, 0.5) is 5.95 Å². The molecule has 1 atom stereocenters. The molecule has 0 aliphatic carbocycles. The molecule has 1 aromatic carbocycles. The first-order chi connectivity index (χ1) is 11.9. The number of nitrogens with zero attached hydrogens (tertiary/aromatic N) is 3. The molecule has 1 heterocycles. The van der Waals surface area contributed by atoms with E-state index in [9.17, 15) is 4.79 Å². The normalized spacial score (nSPS) is 11.9. The zero-order valence-corrected chi connectivity index (χ0v) is 15.5. The fourth-order valence-electron chi connectivity index (χ4n) is 2.79. The molecule has 0 saturated carbocycles. The van der Waals surface area contributed by atoms with E-state index in [1.165, 1.54) is 0 Å². The van der Waals surface area contributed by atoms with E-state index in [0.717, 1.165) is 11.3 Å². The van der Waals surface area contributed by atoms with Crippen molar-refractivity contribution >= 4 is 11.9 Å². The summed E-state index contributed by atoms with van der Waals surface area (Å²) in [6.07, 6.45) is -0.430. The summed E-state index contributed by atoms with van der Waals surface area (Å²) < 4.78 is 6.01. The molecule has 0 saturated heterocycles. The fraction of sp³-hybridized carbons (Fsp3) is 0.421. The molecule has 1 amide bonds. The molecule has 25 heavy (non-hydrogen) atoms. The second kappa shape index (κ2) is 7.96. The maximum Gasteiger partial charge on any atom is 0.257 e. The quantitative estimate of drug-likeness (QED) is 0.871.